The van der Waals surface area contributed by atoms with Gasteiger partial charge in [-0.2, -0.15) is 0 Å². The number of ether oxygens (including phenoxy) is 1. The zero-order valence-electron chi connectivity index (χ0n) is 9.35. The number of carbonyl (C=O) groups excluding carboxylic acids is 2. The Morgan fingerprint density at radius 2 is 2.00 bits per heavy atom. The van der Waals surface area contributed by atoms with Gasteiger partial charge < -0.3 is 10.5 Å². The summed E-state index contributed by atoms with van der Waals surface area (Å²) in [7, 11) is 0. The highest BCUT2D eigenvalue weighted by Gasteiger charge is 2.31. The van der Waals surface area contributed by atoms with E-state index in [1.54, 1.807) is 0 Å². The Labute approximate surface area is 94.9 Å². The fourth-order valence-electron chi connectivity index (χ4n) is 2.64. The second-order valence-corrected chi connectivity index (χ2v) is 4.61. The molecule has 1 aliphatic heterocycles. The molecule has 2 rings (SSSR count). The molecule has 1 amide bonds. The molecule has 5 heteroatoms. The molecule has 1 aliphatic carbocycles. The molecule has 2 N–H and O–H groups in total. The fourth-order valence-corrected chi connectivity index (χ4v) is 2.64. The quantitative estimate of drug-likeness (QED) is 0.751. The van der Waals surface area contributed by atoms with Crippen molar-refractivity contribution in [2.45, 2.75) is 44.2 Å². The van der Waals surface area contributed by atoms with Gasteiger partial charge >= 0.3 is 6.09 Å². The van der Waals surface area contributed by atoms with Crippen molar-refractivity contribution in [1.29, 1.82) is 0 Å². The highest BCUT2D eigenvalue weighted by atomic mass is 16.6. The lowest BCUT2D eigenvalue weighted by Crippen LogP contribution is -2.37. The first kappa shape index (κ1) is 11.4. The third-order valence-electron chi connectivity index (χ3n) is 3.49. The van der Waals surface area contributed by atoms with Crippen molar-refractivity contribution in [2.75, 3.05) is 13.1 Å². The summed E-state index contributed by atoms with van der Waals surface area (Å²) in [5.74, 6) is 0.375. The molecule has 1 saturated heterocycles. The molecule has 90 valence electrons. The first-order valence-corrected chi connectivity index (χ1v) is 5.87. The van der Waals surface area contributed by atoms with Gasteiger partial charge in [0, 0.05) is 32.0 Å². The lowest BCUT2D eigenvalue weighted by molar-refractivity contribution is -0.121. The Morgan fingerprint density at radius 3 is 2.62 bits per heavy atom. The van der Waals surface area contributed by atoms with Crippen LogP contribution in [-0.4, -0.2) is 42.0 Å². The number of nitrogens with zero attached hydrogens (tertiary/aromatic N) is 1. The van der Waals surface area contributed by atoms with Crippen molar-refractivity contribution in [3.05, 3.63) is 0 Å². The summed E-state index contributed by atoms with van der Waals surface area (Å²) in [5.41, 5.74) is 4.99. The van der Waals surface area contributed by atoms with Gasteiger partial charge in [-0.1, -0.05) is 0 Å². The molecule has 0 aromatic heterocycles. The van der Waals surface area contributed by atoms with Gasteiger partial charge in [-0.3, -0.25) is 9.69 Å². The van der Waals surface area contributed by atoms with Crippen LogP contribution >= 0.6 is 0 Å². The van der Waals surface area contributed by atoms with E-state index in [4.69, 9.17) is 10.5 Å². The number of Topliss-reactive ketones (excluding diaryl/α,β-unsaturated/α-hetero) is 1. The van der Waals surface area contributed by atoms with Crippen LogP contribution < -0.4 is 5.73 Å². The van der Waals surface area contributed by atoms with Gasteiger partial charge in [-0.15, -0.1) is 0 Å². The molecule has 5 nitrogen and oxygen atoms in total. The van der Waals surface area contributed by atoms with Crippen LogP contribution in [0.25, 0.3) is 0 Å². The third kappa shape index (κ3) is 2.72. The van der Waals surface area contributed by atoms with Gasteiger partial charge in [0.05, 0.1) is 0 Å². The number of carbonyl (C=O) groups is 2. The van der Waals surface area contributed by atoms with Crippen LogP contribution in [0.1, 0.15) is 32.1 Å². The molecule has 0 radical (unpaired) electrons. The van der Waals surface area contributed by atoms with E-state index in [-0.39, 0.29) is 6.10 Å². The van der Waals surface area contributed by atoms with Crippen molar-refractivity contribution in [1.82, 2.24) is 4.90 Å². The lowest BCUT2D eigenvalue weighted by Gasteiger charge is -2.30. The summed E-state index contributed by atoms with van der Waals surface area (Å²) in [6.07, 6.45) is 3.39. The Balaban J connectivity index is 1.79. The number of likely N-dealkylation sites (tertiary alicyclic amines) is 1. The maximum absolute atomic E-state index is 11.1. The van der Waals surface area contributed by atoms with Crippen LogP contribution in [0.4, 0.5) is 4.79 Å². The minimum atomic E-state index is -0.689. The summed E-state index contributed by atoms with van der Waals surface area (Å²) in [5, 5.41) is 0. The second kappa shape index (κ2) is 4.82. The Bertz CT molecular complexity index is 283. The fraction of sp³-hybridized carbons (Fsp3) is 0.818. The lowest BCUT2D eigenvalue weighted by atomic mass is 9.93. The molecule has 1 heterocycles. The SMILES string of the molecule is NC(=O)OC1CCN(C2CCC(=O)CC2)C1. The van der Waals surface area contributed by atoms with Gasteiger partial charge in [0.15, 0.2) is 0 Å². The maximum Gasteiger partial charge on any atom is 0.404 e. The number of hydrogen-bond donors (Lipinski definition) is 1. The molecular formula is C11H18N2O3. The summed E-state index contributed by atoms with van der Waals surface area (Å²) in [6.45, 7) is 1.71. The number of rotatable bonds is 2. The number of amides is 1. The van der Waals surface area contributed by atoms with Crippen LogP contribution in [0.2, 0.25) is 0 Å². The summed E-state index contributed by atoms with van der Waals surface area (Å²) >= 11 is 0. The molecule has 1 saturated carbocycles. The van der Waals surface area contributed by atoms with Crippen LogP contribution in [0.5, 0.6) is 0 Å². The molecule has 1 unspecified atom stereocenters. The molecule has 2 aliphatic rings. The minimum Gasteiger partial charge on any atom is -0.445 e. The van der Waals surface area contributed by atoms with E-state index in [9.17, 15) is 9.59 Å². The van der Waals surface area contributed by atoms with Crippen LogP contribution in [0.3, 0.4) is 0 Å². The Morgan fingerprint density at radius 1 is 1.31 bits per heavy atom. The second-order valence-electron chi connectivity index (χ2n) is 4.61. The summed E-state index contributed by atoms with van der Waals surface area (Å²) in [6, 6.07) is 0.485. The zero-order chi connectivity index (χ0) is 11.5. The number of nitrogens with two attached hydrogens (primary N) is 1. The average molecular weight is 226 g/mol. The highest BCUT2D eigenvalue weighted by Crippen LogP contribution is 2.25. The van der Waals surface area contributed by atoms with Gasteiger partial charge in [0.1, 0.15) is 11.9 Å². The topological polar surface area (TPSA) is 72.6 Å². The van der Waals surface area contributed by atoms with Gasteiger partial charge in [0.25, 0.3) is 0 Å². The molecule has 16 heavy (non-hydrogen) atoms. The van der Waals surface area contributed by atoms with E-state index in [1.807, 2.05) is 0 Å². The molecule has 2 fully saturated rings. The molecule has 0 bridgehead atoms. The first-order valence-electron chi connectivity index (χ1n) is 5.87. The van der Waals surface area contributed by atoms with Crippen LogP contribution in [-0.2, 0) is 9.53 Å². The standard InChI is InChI=1S/C11H18N2O3/c12-11(15)16-10-5-6-13(7-10)8-1-3-9(14)4-2-8/h8,10H,1-7H2,(H2,12,15). The normalized spacial score (nSPS) is 28.2. The number of ketones is 1. The summed E-state index contributed by atoms with van der Waals surface area (Å²) in [4.78, 5) is 24.1. The van der Waals surface area contributed by atoms with Crippen LogP contribution in [0.15, 0.2) is 0 Å². The minimum absolute atomic E-state index is 0.0601. The van der Waals surface area contributed by atoms with Gasteiger partial charge in [-0.05, 0) is 19.3 Å². The van der Waals surface area contributed by atoms with Crippen molar-refractivity contribution < 1.29 is 14.3 Å². The number of hydrogen-bond acceptors (Lipinski definition) is 4. The van der Waals surface area contributed by atoms with Crippen molar-refractivity contribution in [3.8, 4) is 0 Å². The Kier molecular flexibility index (Phi) is 3.43. The van der Waals surface area contributed by atoms with E-state index < -0.39 is 6.09 Å². The third-order valence-corrected chi connectivity index (χ3v) is 3.49. The average Bonchev–Trinajstić information content (AvgIpc) is 2.66. The maximum atomic E-state index is 11.1. The monoisotopic (exact) mass is 226 g/mol. The zero-order valence-corrected chi connectivity index (χ0v) is 9.35. The smallest absolute Gasteiger partial charge is 0.404 e. The molecule has 0 aromatic carbocycles. The predicted molar refractivity (Wildman–Crippen MR) is 57.9 cm³/mol. The van der Waals surface area contributed by atoms with E-state index in [2.05, 4.69) is 4.90 Å². The van der Waals surface area contributed by atoms with Gasteiger partial charge in [0.2, 0.25) is 0 Å². The van der Waals surface area contributed by atoms with E-state index in [1.165, 1.54) is 0 Å². The molecular weight excluding hydrogens is 208 g/mol. The van der Waals surface area contributed by atoms with Crippen molar-refractivity contribution >= 4 is 11.9 Å². The van der Waals surface area contributed by atoms with E-state index in [0.29, 0.717) is 24.7 Å². The van der Waals surface area contributed by atoms with Crippen molar-refractivity contribution in [2.24, 2.45) is 5.73 Å². The summed E-state index contributed by atoms with van der Waals surface area (Å²) < 4.78 is 4.98. The first-order chi connectivity index (χ1) is 7.65. The van der Waals surface area contributed by atoms with Gasteiger partial charge in [-0.25, -0.2) is 4.79 Å². The van der Waals surface area contributed by atoms with E-state index in [0.717, 1.165) is 32.4 Å². The van der Waals surface area contributed by atoms with E-state index >= 15 is 0 Å². The highest BCUT2D eigenvalue weighted by molar-refractivity contribution is 5.79. The number of primary amides is 1. The molecule has 0 spiro atoms. The largest absolute Gasteiger partial charge is 0.445 e. The van der Waals surface area contributed by atoms with Crippen molar-refractivity contribution in [3.63, 3.8) is 0 Å². The molecule has 0 aromatic rings. The predicted octanol–water partition coefficient (Wildman–Crippen LogP) is 0.668. The van der Waals surface area contributed by atoms with Crippen LogP contribution in [0, 0.1) is 0 Å². The Hall–Kier alpha value is -1.10. The molecule has 1 atom stereocenters.